The van der Waals surface area contributed by atoms with Crippen LogP contribution in [0.2, 0.25) is 0 Å². The van der Waals surface area contributed by atoms with E-state index in [-0.39, 0.29) is 11.1 Å². The number of hydrogen-bond donors (Lipinski definition) is 0. The van der Waals surface area contributed by atoms with E-state index in [0.29, 0.717) is 5.56 Å². The second-order valence-electron chi connectivity index (χ2n) is 3.71. The van der Waals surface area contributed by atoms with Crippen LogP contribution in [0.5, 0.6) is 5.75 Å². The highest BCUT2D eigenvalue weighted by atomic mass is 19.4. The van der Waals surface area contributed by atoms with Gasteiger partial charge in [-0.1, -0.05) is 42.5 Å². The van der Waals surface area contributed by atoms with E-state index >= 15 is 0 Å². The number of nitriles is 1. The van der Waals surface area contributed by atoms with Gasteiger partial charge in [-0.25, -0.2) is 0 Å². The first-order chi connectivity index (χ1) is 9.01. The van der Waals surface area contributed by atoms with Crippen molar-refractivity contribution in [1.82, 2.24) is 0 Å². The smallest absolute Gasteiger partial charge is 0.404 e. The highest BCUT2D eigenvalue weighted by Crippen LogP contribution is 2.36. The molecule has 0 fully saturated rings. The van der Waals surface area contributed by atoms with E-state index in [1.165, 1.54) is 18.2 Å². The van der Waals surface area contributed by atoms with Gasteiger partial charge in [0.1, 0.15) is 6.07 Å². The van der Waals surface area contributed by atoms with Gasteiger partial charge in [0.25, 0.3) is 0 Å². The number of rotatable bonds is 2. The summed E-state index contributed by atoms with van der Waals surface area (Å²) in [4.78, 5) is 0. The fourth-order valence-corrected chi connectivity index (χ4v) is 1.70. The summed E-state index contributed by atoms with van der Waals surface area (Å²) in [6, 6.07) is 14.4. The Morgan fingerprint density at radius 2 is 1.63 bits per heavy atom. The summed E-state index contributed by atoms with van der Waals surface area (Å²) in [6.07, 6.45) is -4.84. The fourth-order valence-electron chi connectivity index (χ4n) is 1.70. The number of hydrogen-bond acceptors (Lipinski definition) is 2. The number of para-hydroxylation sites is 1. The Morgan fingerprint density at radius 3 is 2.21 bits per heavy atom. The van der Waals surface area contributed by atoms with Crippen LogP contribution in [0.3, 0.4) is 0 Å². The van der Waals surface area contributed by atoms with Gasteiger partial charge in [-0.3, -0.25) is 0 Å². The van der Waals surface area contributed by atoms with Gasteiger partial charge in [0, 0.05) is 5.56 Å². The maximum absolute atomic E-state index is 12.4. The molecule has 2 aromatic rings. The number of benzene rings is 2. The van der Waals surface area contributed by atoms with Crippen LogP contribution in [0.4, 0.5) is 13.2 Å². The molecule has 0 heterocycles. The lowest BCUT2D eigenvalue weighted by Gasteiger charge is -2.14. The molecule has 0 amide bonds. The summed E-state index contributed by atoms with van der Waals surface area (Å²) in [6.45, 7) is 0. The molecule has 19 heavy (non-hydrogen) atoms. The molecule has 0 aliphatic carbocycles. The summed E-state index contributed by atoms with van der Waals surface area (Å²) < 4.78 is 41.3. The molecule has 0 saturated carbocycles. The highest BCUT2D eigenvalue weighted by Gasteiger charge is 2.33. The number of halogens is 3. The first kappa shape index (κ1) is 13.0. The van der Waals surface area contributed by atoms with Crippen molar-refractivity contribution in [2.75, 3.05) is 0 Å². The predicted molar refractivity (Wildman–Crippen MR) is 63.3 cm³/mol. The van der Waals surface area contributed by atoms with Gasteiger partial charge in [0.2, 0.25) is 0 Å². The van der Waals surface area contributed by atoms with Crippen LogP contribution >= 0.6 is 0 Å². The highest BCUT2D eigenvalue weighted by molar-refractivity contribution is 5.73. The van der Waals surface area contributed by atoms with E-state index in [0.717, 1.165) is 0 Å². The lowest BCUT2D eigenvalue weighted by Crippen LogP contribution is -2.18. The van der Waals surface area contributed by atoms with Gasteiger partial charge in [-0.05, 0) is 11.6 Å². The molecule has 0 radical (unpaired) electrons. The molecule has 0 saturated heterocycles. The standard InChI is InChI=1S/C14H8F3NO/c15-14(16,17)19-13-11(9-18)7-4-8-12(13)10-5-2-1-3-6-10/h1-8H. The maximum Gasteiger partial charge on any atom is 0.573 e. The Bertz CT molecular complexity index is 615. The molecular formula is C14H8F3NO. The zero-order valence-electron chi connectivity index (χ0n) is 9.61. The van der Waals surface area contributed by atoms with Crippen LogP contribution in [-0.4, -0.2) is 6.36 Å². The van der Waals surface area contributed by atoms with E-state index < -0.39 is 12.1 Å². The molecule has 0 aliphatic heterocycles. The van der Waals surface area contributed by atoms with Crippen LogP contribution in [0, 0.1) is 11.3 Å². The molecule has 0 aliphatic rings. The van der Waals surface area contributed by atoms with Crippen molar-refractivity contribution in [3.05, 3.63) is 54.1 Å². The Labute approximate surface area is 107 Å². The summed E-state index contributed by atoms with van der Waals surface area (Å²) in [5.41, 5.74) is 0.634. The minimum absolute atomic E-state index is 0.154. The van der Waals surface area contributed by atoms with Crippen LogP contribution in [0.1, 0.15) is 5.56 Å². The van der Waals surface area contributed by atoms with Crippen molar-refractivity contribution in [2.24, 2.45) is 0 Å². The minimum atomic E-state index is -4.84. The third-order valence-electron chi connectivity index (χ3n) is 2.44. The topological polar surface area (TPSA) is 33.0 Å². The molecule has 0 atom stereocenters. The van der Waals surface area contributed by atoms with E-state index in [1.54, 1.807) is 36.4 Å². The first-order valence-electron chi connectivity index (χ1n) is 5.35. The second kappa shape index (κ2) is 5.02. The number of nitrogens with zero attached hydrogens (tertiary/aromatic N) is 1. The molecule has 0 N–H and O–H groups in total. The van der Waals surface area contributed by atoms with Gasteiger partial charge in [0.15, 0.2) is 5.75 Å². The third kappa shape index (κ3) is 3.05. The van der Waals surface area contributed by atoms with Gasteiger partial charge in [0.05, 0.1) is 5.56 Å². The Morgan fingerprint density at radius 1 is 0.947 bits per heavy atom. The quantitative estimate of drug-likeness (QED) is 0.816. The van der Waals surface area contributed by atoms with Crippen molar-refractivity contribution < 1.29 is 17.9 Å². The predicted octanol–water partition coefficient (Wildman–Crippen LogP) is 4.12. The van der Waals surface area contributed by atoms with Crippen molar-refractivity contribution >= 4 is 0 Å². The SMILES string of the molecule is N#Cc1cccc(-c2ccccc2)c1OC(F)(F)F. The zero-order valence-corrected chi connectivity index (χ0v) is 9.61. The maximum atomic E-state index is 12.4. The van der Waals surface area contributed by atoms with Crippen molar-refractivity contribution in [3.63, 3.8) is 0 Å². The number of ether oxygens (including phenoxy) is 1. The summed E-state index contributed by atoms with van der Waals surface area (Å²) >= 11 is 0. The summed E-state index contributed by atoms with van der Waals surface area (Å²) in [5, 5.41) is 8.89. The normalized spacial score (nSPS) is 10.8. The average molecular weight is 263 g/mol. The van der Waals surface area contributed by atoms with Gasteiger partial charge in [-0.2, -0.15) is 5.26 Å². The van der Waals surface area contributed by atoms with Gasteiger partial charge in [-0.15, -0.1) is 13.2 Å². The fraction of sp³-hybridized carbons (Fsp3) is 0.0714. The molecular weight excluding hydrogens is 255 g/mol. The van der Waals surface area contributed by atoms with E-state index in [2.05, 4.69) is 4.74 Å². The average Bonchev–Trinajstić information content (AvgIpc) is 2.38. The Balaban J connectivity index is 2.59. The molecule has 0 unspecified atom stereocenters. The van der Waals surface area contributed by atoms with Crippen molar-refractivity contribution in [3.8, 4) is 22.9 Å². The van der Waals surface area contributed by atoms with Gasteiger partial charge < -0.3 is 4.74 Å². The van der Waals surface area contributed by atoms with Gasteiger partial charge >= 0.3 is 6.36 Å². The molecule has 2 aromatic carbocycles. The van der Waals surface area contributed by atoms with E-state index in [1.807, 2.05) is 0 Å². The van der Waals surface area contributed by atoms with Crippen LogP contribution in [-0.2, 0) is 0 Å². The summed E-state index contributed by atoms with van der Waals surface area (Å²) in [7, 11) is 0. The molecule has 0 spiro atoms. The number of alkyl halides is 3. The summed E-state index contributed by atoms with van der Waals surface area (Å²) in [5.74, 6) is -0.469. The second-order valence-corrected chi connectivity index (χ2v) is 3.71. The first-order valence-corrected chi connectivity index (χ1v) is 5.35. The molecule has 2 nitrogen and oxygen atoms in total. The molecule has 0 aromatic heterocycles. The largest absolute Gasteiger partial charge is 0.573 e. The monoisotopic (exact) mass is 263 g/mol. The third-order valence-corrected chi connectivity index (χ3v) is 2.44. The minimum Gasteiger partial charge on any atom is -0.404 e. The molecule has 0 bridgehead atoms. The molecule has 5 heteroatoms. The van der Waals surface area contributed by atoms with E-state index in [9.17, 15) is 13.2 Å². The van der Waals surface area contributed by atoms with Crippen LogP contribution in [0.15, 0.2) is 48.5 Å². The zero-order chi connectivity index (χ0) is 13.9. The lowest BCUT2D eigenvalue weighted by atomic mass is 10.0. The Hall–Kier alpha value is -2.48. The van der Waals surface area contributed by atoms with Crippen LogP contribution < -0.4 is 4.74 Å². The molecule has 2 rings (SSSR count). The lowest BCUT2D eigenvalue weighted by molar-refractivity contribution is -0.274. The van der Waals surface area contributed by atoms with E-state index in [4.69, 9.17) is 5.26 Å². The van der Waals surface area contributed by atoms with Crippen molar-refractivity contribution in [1.29, 1.82) is 5.26 Å². The van der Waals surface area contributed by atoms with Crippen LogP contribution in [0.25, 0.3) is 11.1 Å². The van der Waals surface area contributed by atoms with Crippen molar-refractivity contribution in [2.45, 2.75) is 6.36 Å². The Kier molecular flexibility index (Phi) is 3.43. The molecule has 96 valence electrons.